The Morgan fingerprint density at radius 2 is 1.54 bits per heavy atom. The van der Waals surface area contributed by atoms with Crippen LogP contribution in [0.4, 0.5) is 0 Å². The molecule has 1 rings (SSSR count). The minimum Gasteiger partial charge on any atom is -0.492 e. The van der Waals surface area contributed by atoms with Crippen LogP contribution in [0.25, 0.3) is 0 Å². The average Bonchev–Trinajstić information content (AvgIpc) is 2.62. The van der Waals surface area contributed by atoms with Gasteiger partial charge >= 0.3 is 0 Å². The molecule has 0 heterocycles. The van der Waals surface area contributed by atoms with Gasteiger partial charge in [0.05, 0.1) is 6.54 Å². The number of carbonyl (C=O) groups excluding carboxylic acids is 2. The fourth-order valence-corrected chi connectivity index (χ4v) is 2.72. The molecule has 1 aromatic carbocycles. The van der Waals surface area contributed by atoms with Gasteiger partial charge in [0.15, 0.2) is 0 Å². The lowest BCUT2D eigenvalue weighted by atomic mass is 10.2. The quantitative estimate of drug-likeness (QED) is 0.549. The highest BCUT2D eigenvalue weighted by molar-refractivity contribution is 6.30. The van der Waals surface area contributed by atoms with Crippen molar-refractivity contribution in [3.63, 3.8) is 0 Å². The van der Waals surface area contributed by atoms with E-state index in [1.807, 2.05) is 4.90 Å². The van der Waals surface area contributed by atoms with Crippen molar-refractivity contribution in [1.82, 2.24) is 9.80 Å². The minimum atomic E-state index is 0.0371. The monoisotopic (exact) mass is 382 g/mol. The molecule has 0 aliphatic carbocycles. The van der Waals surface area contributed by atoms with Gasteiger partial charge in [0, 0.05) is 38.0 Å². The molecule has 2 amide bonds. The second kappa shape index (κ2) is 12.6. The summed E-state index contributed by atoms with van der Waals surface area (Å²) in [5.74, 6) is 0.915. The standard InChI is InChI=1S/C20H31ClN2O3/c1-4-13-23(14-5-2)20(25)8-6-7-19(24)22(3)15-16-26-18-11-9-17(21)10-12-18/h9-12H,4-8,13-16H2,1-3H3. The van der Waals surface area contributed by atoms with Gasteiger partial charge in [0.2, 0.25) is 11.8 Å². The van der Waals surface area contributed by atoms with Gasteiger partial charge in [0.1, 0.15) is 12.4 Å². The maximum absolute atomic E-state index is 12.2. The van der Waals surface area contributed by atoms with Gasteiger partial charge in [0.25, 0.3) is 0 Å². The molecule has 0 fully saturated rings. The van der Waals surface area contributed by atoms with Gasteiger partial charge in [-0.3, -0.25) is 9.59 Å². The van der Waals surface area contributed by atoms with E-state index in [2.05, 4.69) is 13.8 Å². The van der Waals surface area contributed by atoms with Crippen molar-refractivity contribution in [2.45, 2.75) is 46.0 Å². The number of hydrogen-bond donors (Lipinski definition) is 0. The van der Waals surface area contributed by atoms with E-state index in [9.17, 15) is 9.59 Å². The van der Waals surface area contributed by atoms with Gasteiger partial charge in [-0.1, -0.05) is 25.4 Å². The Balaban J connectivity index is 2.24. The second-order valence-electron chi connectivity index (χ2n) is 6.35. The minimum absolute atomic E-state index is 0.0371. The van der Waals surface area contributed by atoms with Crippen LogP contribution in [-0.4, -0.2) is 54.9 Å². The van der Waals surface area contributed by atoms with Crippen molar-refractivity contribution in [3.05, 3.63) is 29.3 Å². The molecule has 26 heavy (non-hydrogen) atoms. The predicted molar refractivity (Wildman–Crippen MR) is 106 cm³/mol. The van der Waals surface area contributed by atoms with E-state index >= 15 is 0 Å². The Morgan fingerprint density at radius 3 is 2.12 bits per heavy atom. The molecule has 0 bridgehead atoms. The fraction of sp³-hybridized carbons (Fsp3) is 0.600. The average molecular weight is 383 g/mol. The van der Waals surface area contributed by atoms with E-state index in [0.717, 1.165) is 31.7 Å². The number of nitrogens with zero attached hydrogens (tertiary/aromatic N) is 2. The number of likely N-dealkylation sites (N-methyl/N-ethyl adjacent to an activating group) is 1. The number of carbonyl (C=O) groups is 2. The van der Waals surface area contributed by atoms with Crippen LogP contribution in [0.5, 0.6) is 5.75 Å². The summed E-state index contributed by atoms with van der Waals surface area (Å²) in [5, 5.41) is 0.663. The normalized spacial score (nSPS) is 10.5. The van der Waals surface area contributed by atoms with Crippen LogP contribution in [0, 0.1) is 0 Å². The number of benzene rings is 1. The third-order valence-electron chi connectivity index (χ3n) is 4.06. The molecule has 0 aliphatic heterocycles. The van der Waals surface area contributed by atoms with E-state index in [-0.39, 0.29) is 11.8 Å². The van der Waals surface area contributed by atoms with Crippen molar-refractivity contribution in [1.29, 1.82) is 0 Å². The smallest absolute Gasteiger partial charge is 0.222 e. The Kier molecular flexibility index (Phi) is 10.8. The SMILES string of the molecule is CCCN(CCC)C(=O)CCCC(=O)N(C)CCOc1ccc(Cl)cc1. The lowest BCUT2D eigenvalue weighted by molar-refractivity contribution is -0.132. The number of ether oxygens (including phenoxy) is 1. The van der Waals surface area contributed by atoms with E-state index in [1.54, 1.807) is 36.2 Å². The first kappa shape index (κ1) is 22.3. The zero-order valence-corrected chi connectivity index (χ0v) is 16.9. The van der Waals surface area contributed by atoms with Crippen LogP contribution in [0.2, 0.25) is 5.02 Å². The highest BCUT2D eigenvalue weighted by Crippen LogP contribution is 2.15. The third kappa shape index (κ3) is 8.56. The summed E-state index contributed by atoms with van der Waals surface area (Å²) >= 11 is 5.83. The molecule has 0 unspecified atom stereocenters. The van der Waals surface area contributed by atoms with Crippen LogP contribution in [0.1, 0.15) is 46.0 Å². The van der Waals surface area contributed by atoms with Crippen molar-refractivity contribution in [2.75, 3.05) is 33.3 Å². The van der Waals surface area contributed by atoms with Crippen molar-refractivity contribution in [2.24, 2.45) is 0 Å². The van der Waals surface area contributed by atoms with Crippen LogP contribution in [0.3, 0.4) is 0 Å². The van der Waals surface area contributed by atoms with Gasteiger partial charge in [-0.2, -0.15) is 0 Å². The van der Waals surface area contributed by atoms with Crippen LogP contribution < -0.4 is 4.74 Å². The molecule has 0 saturated heterocycles. The van der Waals surface area contributed by atoms with Crippen LogP contribution in [0.15, 0.2) is 24.3 Å². The van der Waals surface area contributed by atoms with Crippen molar-refractivity contribution >= 4 is 23.4 Å². The molecule has 0 spiro atoms. The lowest BCUT2D eigenvalue weighted by Gasteiger charge is -2.22. The Morgan fingerprint density at radius 1 is 0.962 bits per heavy atom. The van der Waals surface area contributed by atoms with Gasteiger partial charge < -0.3 is 14.5 Å². The van der Waals surface area contributed by atoms with Crippen molar-refractivity contribution < 1.29 is 14.3 Å². The number of amides is 2. The van der Waals surface area contributed by atoms with Crippen LogP contribution >= 0.6 is 11.6 Å². The van der Waals surface area contributed by atoms with Gasteiger partial charge in [-0.25, -0.2) is 0 Å². The molecule has 6 heteroatoms. The van der Waals surface area contributed by atoms with Gasteiger partial charge in [-0.15, -0.1) is 0 Å². The molecular formula is C20H31ClN2O3. The van der Waals surface area contributed by atoms with Crippen LogP contribution in [-0.2, 0) is 9.59 Å². The highest BCUT2D eigenvalue weighted by Gasteiger charge is 2.14. The Labute approximate surface area is 162 Å². The topological polar surface area (TPSA) is 49.9 Å². The number of hydrogen-bond acceptors (Lipinski definition) is 3. The molecule has 5 nitrogen and oxygen atoms in total. The van der Waals surface area contributed by atoms with E-state index in [0.29, 0.717) is 37.4 Å². The maximum atomic E-state index is 12.2. The van der Waals surface area contributed by atoms with E-state index in [1.165, 1.54) is 0 Å². The molecule has 0 saturated carbocycles. The highest BCUT2D eigenvalue weighted by atomic mass is 35.5. The largest absolute Gasteiger partial charge is 0.492 e. The molecule has 0 aliphatic rings. The first-order valence-electron chi connectivity index (χ1n) is 9.38. The summed E-state index contributed by atoms with van der Waals surface area (Å²) in [7, 11) is 1.76. The number of rotatable bonds is 12. The van der Waals surface area contributed by atoms with Gasteiger partial charge in [-0.05, 0) is 43.5 Å². The Bertz CT molecular complexity index is 542. The summed E-state index contributed by atoms with van der Waals surface area (Å²) in [5.41, 5.74) is 0. The summed E-state index contributed by atoms with van der Waals surface area (Å²) in [6.07, 6.45) is 3.32. The molecule has 0 aromatic heterocycles. The fourth-order valence-electron chi connectivity index (χ4n) is 2.60. The molecule has 0 atom stereocenters. The Hall–Kier alpha value is -1.75. The van der Waals surface area contributed by atoms with Crippen molar-refractivity contribution in [3.8, 4) is 5.75 Å². The van der Waals surface area contributed by atoms with E-state index in [4.69, 9.17) is 16.3 Å². The first-order chi connectivity index (χ1) is 12.5. The second-order valence-corrected chi connectivity index (χ2v) is 6.79. The summed E-state index contributed by atoms with van der Waals surface area (Å²) in [6.45, 7) is 6.66. The zero-order chi connectivity index (χ0) is 19.4. The molecular weight excluding hydrogens is 352 g/mol. The molecule has 0 N–H and O–H groups in total. The van der Waals surface area contributed by atoms with E-state index < -0.39 is 0 Å². The first-order valence-corrected chi connectivity index (χ1v) is 9.75. The summed E-state index contributed by atoms with van der Waals surface area (Å²) < 4.78 is 5.60. The molecule has 1 aromatic rings. The predicted octanol–water partition coefficient (Wildman–Crippen LogP) is 4.00. The molecule has 0 radical (unpaired) electrons. The summed E-state index contributed by atoms with van der Waals surface area (Å²) in [6, 6.07) is 7.13. The number of halogens is 1. The molecule has 146 valence electrons. The zero-order valence-electron chi connectivity index (χ0n) is 16.2. The summed E-state index contributed by atoms with van der Waals surface area (Å²) in [4.78, 5) is 27.9. The lowest BCUT2D eigenvalue weighted by Crippen LogP contribution is -2.33. The third-order valence-corrected chi connectivity index (χ3v) is 4.31. The maximum Gasteiger partial charge on any atom is 0.222 e.